The molecular formula is C10H15NO3. The van der Waals surface area contributed by atoms with Crippen LogP contribution in [0.5, 0.6) is 0 Å². The zero-order valence-corrected chi connectivity index (χ0v) is 8.58. The van der Waals surface area contributed by atoms with Crippen molar-refractivity contribution in [3.63, 3.8) is 0 Å². The van der Waals surface area contributed by atoms with E-state index < -0.39 is 5.54 Å². The Bertz CT molecular complexity index is 292. The summed E-state index contributed by atoms with van der Waals surface area (Å²) < 4.78 is 0. The van der Waals surface area contributed by atoms with Gasteiger partial charge >= 0.3 is 0 Å². The molecule has 1 aliphatic carbocycles. The molecule has 1 rings (SSSR count). The van der Waals surface area contributed by atoms with Gasteiger partial charge in [0.05, 0.1) is 0 Å². The molecule has 4 heteroatoms. The maximum atomic E-state index is 11.4. The van der Waals surface area contributed by atoms with Crippen LogP contribution in [0.25, 0.3) is 0 Å². The van der Waals surface area contributed by atoms with Gasteiger partial charge in [0.15, 0.2) is 5.78 Å². The number of carbonyl (C=O) groups excluding carboxylic acids is 1. The van der Waals surface area contributed by atoms with Gasteiger partial charge in [-0.2, -0.15) is 0 Å². The quantitative estimate of drug-likeness (QED) is 0.514. The number of ketones is 1. The average molecular weight is 197 g/mol. The van der Waals surface area contributed by atoms with Crippen molar-refractivity contribution in [1.29, 1.82) is 0 Å². The van der Waals surface area contributed by atoms with E-state index in [2.05, 4.69) is 0 Å². The van der Waals surface area contributed by atoms with Crippen LogP contribution < -0.4 is 0 Å². The van der Waals surface area contributed by atoms with Gasteiger partial charge in [0.25, 0.3) is 0 Å². The Morgan fingerprint density at radius 2 is 2.21 bits per heavy atom. The van der Waals surface area contributed by atoms with E-state index in [1.165, 1.54) is 0 Å². The molecule has 0 heterocycles. The molecule has 0 aliphatic heterocycles. The smallest absolute Gasteiger partial charge is 0.220 e. The third-order valence-electron chi connectivity index (χ3n) is 2.47. The highest BCUT2D eigenvalue weighted by Gasteiger charge is 2.33. The molecule has 78 valence electrons. The highest BCUT2D eigenvalue weighted by molar-refractivity contribution is 5.96. The number of nitrogens with zero attached hydrogens (tertiary/aromatic N) is 1. The standard InChI is InChI=1S/C10H15NO3/c1-10(2,11(13)14)7-8-5-3-4-6-9(8)12/h5H,3-4,6-7H2,1-2H3. The van der Waals surface area contributed by atoms with Gasteiger partial charge in [-0.1, -0.05) is 6.08 Å². The molecule has 4 nitrogen and oxygen atoms in total. The molecule has 0 spiro atoms. The van der Waals surface area contributed by atoms with Crippen LogP contribution in [-0.4, -0.2) is 16.2 Å². The lowest BCUT2D eigenvalue weighted by Gasteiger charge is -2.18. The third-order valence-corrected chi connectivity index (χ3v) is 2.47. The van der Waals surface area contributed by atoms with Gasteiger partial charge in [-0.05, 0) is 18.4 Å². The molecule has 0 atom stereocenters. The fraction of sp³-hybridized carbons (Fsp3) is 0.700. The summed E-state index contributed by atoms with van der Waals surface area (Å²) in [4.78, 5) is 21.7. The van der Waals surface area contributed by atoms with Crippen molar-refractivity contribution in [3.05, 3.63) is 21.8 Å². The van der Waals surface area contributed by atoms with Gasteiger partial charge < -0.3 is 0 Å². The lowest BCUT2D eigenvalue weighted by Crippen LogP contribution is -2.32. The van der Waals surface area contributed by atoms with E-state index in [9.17, 15) is 14.9 Å². The molecule has 0 aromatic carbocycles. The van der Waals surface area contributed by atoms with E-state index in [4.69, 9.17) is 0 Å². The Balaban J connectivity index is 2.72. The Morgan fingerprint density at radius 1 is 1.57 bits per heavy atom. The lowest BCUT2D eigenvalue weighted by molar-refractivity contribution is -0.559. The molecule has 0 saturated carbocycles. The molecular weight excluding hydrogens is 182 g/mol. The number of rotatable bonds is 3. The normalized spacial score (nSPS) is 17.9. The van der Waals surface area contributed by atoms with E-state index in [1.54, 1.807) is 13.8 Å². The molecule has 0 fully saturated rings. The van der Waals surface area contributed by atoms with Gasteiger partial charge in [-0.3, -0.25) is 14.9 Å². The van der Waals surface area contributed by atoms with Gasteiger partial charge in [-0.15, -0.1) is 0 Å². The summed E-state index contributed by atoms with van der Waals surface area (Å²) in [6.45, 7) is 3.10. The van der Waals surface area contributed by atoms with E-state index >= 15 is 0 Å². The first-order chi connectivity index (χ1) is 6.43. The number of allylic oxidation sites excluding steroid dienone is 1. The van der Waals surface area contributed by atoms with E-state index in [0.29, 0.717) is 12.0 Å². The van der Waals surface area contributed by atoms with Crippen molar-refractivity contribution in [2.24, 2.45) is 0 Å². The van der Waals surface area contributed by atoms with E-state index in [1.807, 2.05) is 6.08 Å². The van der Waals surface area contributed by atoms with Crippen LogP contribution in [0.4, 0.5) is 0 Å². The van der Waals surface area contributed by atoms with Gasteiger partial charge in [-0.25, -0.2) is 0 Å². The topological polar surface area (TPSA) is 60.2 Å². The highest BCUT2D eigenvalue weighted by Crippen LogP contribution is 2.24. The summed E-state index contributed by atoms with van der Waals surface area (Å²) in [5.74, 6) is 0.0752. The molecule has 0 aromatic heterocycles. The highest BCUT2D eigenvalue weighted by atomic mass is 16.6. The first kappa shape index (κ1) is 10.9. The minimum Gasteiger partial charge on any atom is -0.295 e. The van der Waals surface area contributed by atoms with Crippen molar-refractivity contribution in [1.82, 2.24) is 0 Å². The van der Waals surface area contributed by atoms with Crippen LogP contribution in [0.1, 0.15) is 39.5 Å². The third kappa shape index (κ3) is 2.40. The molecule has 0 bridgehead atoms. The van der Waals surface area contributed by atoms with Crippen molar-refractivity contribution in [2.45, 2.75) is 45.1 Å². The Kier molecular flexibility index (Phi) is 3.03. The zero-order chi connectivity index (χ0) is 10.8. The predicted octanol–water partition coefficient (Wildman–Crippen LogP) is 2.11. The number of hydrogen-bond donors (Lipinski definition) is 0. The molecule has 0 amide bonds. The second-order valence-electron chi connectivity index (χ2n) is 4.29. The molecule has 0 N–H and O–H groups in total. The Morgan fingerprint density at radius 3 is 2.71 bits per heavy atom. The monoisotopic (exact) mass is 197 g/mol. The minimum atomic E-state index is -1.03. The van der Waals surface area contributed by atoms with Crippen LogP contribution in [0.2, 0.25) is 0 Å². The number of nitro groups is 1. The molecule has 0 saturated heterocycles. The molecule has 0 unspecified atom stereocenters. The fourth-order valence-electron chi connectivity index (χ4n) is 1.51. The first-order valence-electron chi connectivity index (χ1n) is 4.80. The summed E-state index contributed by atoms with van der Waals surface area (Å²) in [7, 11) is 0. The van der Waals surface area contributed by atoms with Crippen molar-refractivity contribution >= 4 is 5.78 Å². The summed E-state index contributed by atoms with van der Waals surface area (Å²) in [5, 5.41) is 10.7. The largest absolute Gasteiger partial charge is 0.295 e. The van der Waals surface area contributed by atoms with Crippen molar-refractivity contribution < 1.29 is 9.72 Å². The summed E-state index contributed by atoms with van der Waals surface area (Å²) >= 11 is 0. The lowest BCUT2D eigenvalue weighted by atomic mass is 9.88. The molecule has 0 aromatic rings. The van der Waals surface area contributed by atoms with E-state index in [0.717, 1.165) is 12.8 Å². The average Bonchev–Trinajstić information content (AvgIpc) is 2.08. The SMILES string of the molecule is CC(C)(CC1=CCCCC1=O)[N+](=O)[O-]. The van der Waals surface area contributed by atoms with Gasteiger partial charge in [0.1, 0.15) is 0 Å². The summed E-state index contributed by atoms with van der Waals surface area (Å²) in [6.07, 6.45) is 4.38. The maximum Gasteiger partial charge on any atom is 0.220 e. The molecule has 0 radical (unpaired) electrons. The second kappa shape index (κ2) is 3.90. The number of carbonyl (C=O) groups is 1. The van der Waals surface area contributed by atoms with Crippen LogP contribution in [0.15, 0.2) is 11.6 Å². The second-order valence-corrected chi connectivity index (χ2v) is 4.29. The zero-order valence-electron chi connectivity index (χ0n) is 8.58. The minimum absolute atomic E-state index is 0.0752. The summed E-state index contributed by atoms with van der Waals surface area (Å²) in [5.41, 5.74) is -0.392. The predicted molar refractivity (Wildman–Crippen MR) is 52.6 cm³/mol. The van der Waals surface area contributed by atoms with Crippen LogP contribution in [-0.2, 0) is 4.79 Å². The first-order valence-corrected chi connectivity index (χ1v) is 4.80. The van der Waals surface area contributed by atoms with Crippen LogP contribution in [0, 0.1) is 10.1 Å². The Hall–Kier alpha value is -1.19. The van der Waals surface area contributed by atoms with Crippen molar-refractivity contribution in [3.8, 4) is 0 Å². The van der Waals surface area contributed by atoms with Gasteiger partial charge in [0, 0.05) is 31.6 Å². The molecule has 14 heavy (non-hydrogen) atoms. The van der Waals surface area contributed by atoms with Crippen LogP contribution in [0.3, 0.4) is 0 Å². The van der Waals surface area contributed by atoms with Gasteiger partial charge in [0.2, 0.25) is 5.54 Å². The van der Waals surface area contributed by atoms with Crippen molar-refractivity contribution in [2.75, 3.05) is 0 Å². The number of Topliss-reactive ketones (excluding diaryl/α,β-unsaturated/α-hetero) is 1. The van der Waals surface area contributed by atoms with E-state index in [-0.39, 0.29) is 17.1 Å². The molecule has 1 aliphatic rings. The maximum absolute atomic E-state index is 11.4. The Labute approximate surface area is 83.1 Å². The van der Waals surface area contributed by atoms with Crippen LogP contribution >= 0.6 is 0 Å². The number of hydrogen-bond acceptors (Lipinski definition) is 3. The fourth-order valence-corrected chi connectivity index (χ4v) is 1.51. The summed E-state index contributed by atoms with van der Waals surface area (Å²) in [6, 6.07) is 0.